The number of hydrogen-bond acceptors (Lipinski definition) is 6. The van der Waals surface area contributed by atoms with Crippen LogP contribution in [0, 0.1) is 17.8 Å². The lowest BCUT2D eigenvalue weighted by Gasteiger charge is -2.22. The monoisotopic (exact) mass is 564 g/mol. The van der Waals surface area contributed by atoms with Gasteiger partial charge in [0.05, 0.1) is 39.3 Å². The van der Waals surface area contributed by atoms with Crippen molar-refractivity contribution in [2.24, 2.45) is 17.8 Å². The first-order valence-corrected chi connectivity index (χ1v) is 13.7. The highest BCUT2D eigenvalue weighted by molar-refractivity contribution is 6.35. The molecule has 1 aliphatic carbocycles. The summed E-state index contributed by atoms with van der Waals surface area (Å²) in [5.41, 5.74) is 2.66. The molecular weight excluding hydrogens is 540 g/mol. The fourth-order valence-electron chi connectivity index (χ4n) is 5.63. The number of halogens is 1. The van der Waals surface area contributed by atoms with E-state index in [1.165, 1.54) is 4.90 Å². The molecule has 0 radical (unpaired) electrons. The standard InChI is InChI=1S/C33H25ClN2O5/c1-19-7-5-11-24-29(19)32(39)36(31(24)38)22-15-13-20(14-16-22)27-17-25(23-10-6-12-26(34)30(23)35-27)33(40)41-18-28(37)21-8-3-2-4-9-21/h2-10,12-17,19,24,29H,11,18H2,1H3. The van der Waals surface area contributed by atoms with Gasteiger partial charge in [-0.1, -0.05) is 85.3 Å². The second kappa shape index (κ2) is 10.7. The number of carbonyl (C=O) groups is 4. The van der Waals surface area contributed by atoms with Gasteiger partial charge in [-0.3, -0.25) is 19.3 Å². The molecule has 7 nitrogen and oxygen atoms in total. The zero-order valence-corrected chi connectivity index (χ0v) is 22.9. The molecule has 1 saturated heterocycles. The topological polar surface area (TPSA) is 93.6 Å². The van der Waals surface area contributed by atoms with Crippen LogP contribution < -0.4 is 4.90 Å². The van der Waals surface area contributed by atoms with Crippen LogP contribution in [0.5, 0.6) is 0 Å². The minimum absolute atomic E-state index is 0.00202. The van der Waals surface area contributed by atoms with Crippen molar-refractivity contribution in [1.29, 1.82) is 0 Å². The average molecular weight is 565 g/mol. The summed E-state index contributed by atoms with van der Waals surface area (Å²) in [6.07, 6.45) is 4.53. The Morgan fingerprint density at radius 1 is 0.976 bits per heavy atom. The van der Waals surface area contributed by atoms with Gasteiger partial charge in [-0.15, -0.1) is 0 Å². The second-order valence-electron chi connectivity index (χ2n) is 10.3. The fourth-order valence-corrected chi connectivity index (χ4v) is 5.85. The molecule has 2 aliphatic rings. The summed E-state index contributed by atoms with van der Waals surface area (Å²) in [6, 6.07) is 22.2. The molecule has 0 spiro atoms. The molecule has 1 aromatic heterocycles. The fraction of sp³-hybridized carbons (Fsp3) is 0.182. The van der Waals surface area contributed by atoms with Crippen molar-refractivity contribution in [3.05, 3.63) is 107 Å². The molecule has 1 aliphatic heterocycles. The van der Waals surface area contributed by atoms with E-state index in [0.29, 0.717) is 44.9 Å². The number of nitrogens with zero attached hydrogens (tertiary/aromatic N) is 2. The zero-order chi connectivity index (χ0) is 28.7. The van der Waals surface area contributed by atoms with Gasteiger partial charge in [-0.25, -0.2) is 9.78 Å². The van der Waals surface area contributed by atoms with Crippen LogP contribution >= 0.6 is 11.6 Å². The summed E-state index contributed by atoms with van der Waals surface area (Å²) in [5, 5.41) is 0.850. The number of anilines is 1. The van der Waals surface area contributed by atoms with Crippen LogP contribution in [0.15, 0.2) is 91.0 Å². The van der Waals surface area contributed by atoms with E-state index < -0.39 is 12.6 Å². The first-order chi connectivity index (χ1) is 19.8. The molecular formula is C33H25ClN2O5. The summed E-state index contributed by atoms with van der Waals surface area (Å²) >= 11 is 6.46. The normalized spacial score (nSPS) is 19.9. The van der Waals surface area contributed by atoms with Gasteiger partial charge in [0.25, 0.3) is 0 Å². The maximum Gasteiger partial charge on any atom is 0.339 e. The van der Waals surface area contributed by atoms with E-state index in [0.717, 1.165) is 0 Å². The zero-order valence-electron chi connectivity index (χ0n) is 22.1. The number of hydrogen-bond donors (Lipinski definition) is 0. The average Bonchev–Trinajstić information content (AvgIpc) is 3.26. The lowest BCUT2D eigenvalue weighted by molar-refractivity contribution is -0.122. The molecule has 0 N–H and O–H groups in total. The number of rotatable bonds is 6. The molecule has 6 rings (SSSR count). The Morgan fingerprint density at radius 2 is 1.73 bits per heavy atom. The van der Waals surface area contributed by atoms with Crippen molar-refractivity contribution in [1.82, 2.24) is 4.98 Å². The number of carbonyl (C=O) groups excluding carboxylic acids is 4. The van der Waals surface area contributed by atoms with Gasteiger partial charge in [0.15, 0.2) is 12.4 Å². The predicted octanol–water partition coefficient (Wildman–Crippen LogP) is 6.30. The van der Waals surface area contributed by atoms with Crippen LogP contribution in [-0.2, 0) is 14.3 Å². The Hall–Kier alpha value is -4.62. The number of aromatic nitrogens is 1. The minimum atomic E-state index is -0.680. The van der Waals surface area contributed by atoms with Crippen LogP contribution in [0.1, 0.15) is 34.1 Å². The highest BCUT2D eigenvalue weighted by atomic mass is 35.5. The van der Waals surface area contributed by atoms with Gasteiger partial charge in [0, 0.05) is 16.5 Å². The van der Waals surface area contributed by atoms with Crippen LogP contribution in [0.3, 0.4) is 0 Å². The van der Waals surface area contributed by atoms with Crippen LogP contribution in [0.4, 0.5) is 5.69 Å². The Kier molecular flexibility index (Phi) is 6.97. The molecule has 2 heterocycles. The summed E-state index contributed by atoms with van der Waals surface area (Å²) in [7, 11) is 0. The Bertz CT molecular complexity index is 1730. The Balaban J connectivity index is 1.30. The molecule has 8 heteroatoms. The predicted molar refractivity (Wildman–Crippen MR) is 156 cm³/mol. The van der Waals surface area contributed by atoms with Crippen molar-refractivity contribution in [3.63, 3.8) is 0 Å². The molecule has 204 valence electrons. The molecule has 0 saturated carbocycles. The lowest BCUT2D eigenvalue weighted by Crippen LogP contribution is -2.31. The number of amides is 2. The third kappa shape index (κ3) is 4.83. The number of benzene rings is 3. The van der Waals surface area contributed by atoms with E-state index in [1.807, 2.05) is 19.1 Å². The van der Waals surface area contributed by atoms with E-state index >= 15 is 0 Å². The van der Waals surface area contributed by atoms with Crippen LogP contribution in [-0.4, -0.2) is 35.2 Å². The number of ether oxygens (including phenoxy) is 1. The van der Waals surface area contributed by atoms with Gasteiger partial charge >= 0.3 is 5.97 Å². The highest BCUT2D eigenvalue weighted by Gasteiger charge is 2.50. The number of imide groups is 1. The number of esters is 1. The number of pyridine rings is 1. The molecule has 0 bridgehead atoms. The van der Waals surface area contributed by atoms with Gasteiger partial charge in [0.1, 0.15) is 0 Å². The number of Topliss-reactive ketones (excluding diaryl/α,β-unsaturated/α-hetero) is 1. The second-order valence-corrected chi connectivity index (χ2v) is 10.7. The molecule has 4 aromatic rings. The number of allylic oxidation sites excluding steroid dienone is 2. The first kappa shape index (κ1) is 26.6. The largest absolute Gasteiger partial charge is 0.454 e. The van der Waals surface area contributed by atoms with Gasteiger partial charge < -0.3 is 4.74 Å². The molecule has 2 amide bonds. The smallest absolute Gasteiger partial charge is 0.339 e. The number of ketones is 1. The lowest BCUT2D eigenvalue weighted by atomic mass is 9.78. The summed E-state index contributed by atoms with van der Waals surface area (Å²) in [6.45, 7) is 1.55. The van der Waals surface area contributed by atoms with Gasteiger partial charge in [0.2, 0.25) is 11.8 Å². The maximum absolute atomic E-state index is 13.2. The van der Waals surface area contributed by atoms with E-state index in [2.05, 4.69) is 0 Å². The van der Waals surface area contributed by atoms with E-state index in [1.54, 1.807) is 78.9 Å². The molecule has 3 atom stereocenters. The van der Waals surface area contributed by atoms with Crippen LogP contribution in [0.2, 0.25) is 5.02 Å². The highest BCUT2D eigenvalue weighted by Crippen LogP contribution is 2.41. The van der Waals surface area contributed by atoms with Crippen LogP contribution in [0.25, 0.3) is 22.2 Å². The van der Waals surface area contributed by atoms with Crippen molar-refractivity contribution in [2.75, 3.05) is 11.5 Å². The molecule has 3 aromatic carbocycles. The summed E-state index contributed by atoms with van der Waals surface area (Å²) in [4.78, 5) is 58.0. The van der Waals surface area contributed by atoms with E-state index in [9.17, 15) is 19.2 Å². The summed E-state index contributed by atoms with van der Waals surface area (Å²) < 4.78 is 5.40. The van der Waals surface area contributed by atoms with Crippen molar-refractivity contribution >= 4 is 51.8 Å². The number of fused-ring (bicyclic) bond motifs is 2. The SMILES string of the molecule is CC1C=CCC2C(=O)N(c3ccc(-c4cc(C(=O)OCC(=O)c5ccccc5)c5cccc(Cl)c5n4)cc3)C(=O)C12. The maximum atomic E-state index is 13.2. The molecule has 1 fully saturated rings. The minimum Gasteiger partial charge on any atom is -0.454 e. The molecule has 41 heavy (non-hydrogen) atoms. The third-order valence-electron chi connectivity index (χ3n) is 7.73. The van der Waals surface area contributed by atoms with Crippen molar-refractivity contribution in [3.8, 4) is 11.3 Å². The van der Waals surface area contributed by atoms with E-state index in [4.69, 9.17) is 21.3 Å². The quantitative estimate of drug-likeness (QED) is 0.118. The third-order valence-corrected chi connectivity index (χ3v) is 8.04. The Labute approximate surface area is 241 Å². The van der Waals surface area contributed by atoms with Crippen molar-refractivity contribution in [2.45, 2.75) is 13.3 Å². The van der Waals surface area contributed by atoms with Gasteiger partial charge in [-0.2, -0.15) is 0 Å². The Morgan fingerprint density at radius 3 is 2.46 bits per heavy atom. The van der Waals surface area contributed by atoms with Crippen molar-refractivity contribution < 1.29 is 23.9 Å². The van der Waals surface area contributed by atoms with E-state index in [-0.39, 0.29) is 40.9 Å². The van der Waals surface area contributed by atoms with Gasteiger partial charge in [-0.05, 0) is 36.6 Å². The number of para-hydroxylation sites is 1. The first-order valence-electron chi connectivity index (χ1n) is 13.3. The molecule has 3 unspecified atom stereocenters. The summed E-state index contributed by atoms with van der Waals surface area (Å²) in [5.74, 6) is -2.05.